The van der Waals surface area contributed by atoms with Crippen LogP contribution in [0.15, 0.2) is 52.9 Å². The van der Waals surface area contributed by atoms with Crippen molar-refractivity contribution < 1.29 is 9.21 Å². The van der Waals surface area contributed by atoms with E-state index in [-0.39, 0.29) is 5.91 Å². The van der Waals surface area contributed by atoms with Gasteiger partial charge in [0.1, 0.15) is 5.52 Å². The van der Waals surface area contributed by atoms with Crippen LogP contribution in [0.25, 0.3) is 11.1 Å². The van der Waals surface area contributed by atoms with Gasteiger partial charge in [0.05, 0.1) is 0 Å². The Kier molecular flexibility index (Phi) is 2.74. The van der Waals surface area contributed by atoms with Crippen LogP contribution in [0.5, 0.6) is 0 Å². The minimum Gasteiger partial charge on any atom is -0.440 e. The maximum Gasteiger partial charge on any atom is 0.255 e. The molecule has 4 nitrogen and oxygen atoms in total. The summed E-state index contributed by atoms with van der Waals surface area (Å²) >= 11 is 0. The van der Waals surface area contributed by atoms with E-state index in [0.29, 0.717) is 11.5 Å². The Morgan fingerprint density at radius 3 is 2.71 bits per heavy atom. The molecule has 0 bridgehead atoms. The van der Waals surface area contributed by atoms with Crippen molar-refractivity contribution in [1.82, 2.24) is 4.98 Å². The van der Waals surface area contributed by atoms with Crippen LogP contribution in [-0.4, -0.2) is 10.9 Å². The number of aromatic nitrogens is 1. The van der Waals surface area contributed by atoms with Crippen LogP contribution in [0.3, 0.4) is 0 Å². The maximum atomic E-state index is 12.1. The molecule has 1 N–H and O–H groups in total. The Bertz CT molecular complexity index is 804. The molecule has 104 valence electrons. The largest absolute Gasteiger partial charge is 0.440 e. The summed E-state index contributed by atoms with van der Waals surface area (Å²) in [4.78, 5) is 16.6. The number of hydrogen-bond acceptors (Lipinski definition) is 3. The second-order valence-corrected chi connectivity index (χ2v) is 5.33. The summed E-state index contributed by atoms with van der Waals surface area (Å²) in [5.74, 6) is 1.18. The fourth-order valence-corrected chi connectivity index (χ4v) is 2.32. The highest BCUT2D eigenvalue weighted by Crippen LogP contribution is 2.40. The SMILES string of the molecule is O=C(Nc1ccc2oc(C3CC3)nc2c1)c1ccccc1. The Morgan fingerprint density at radius 2 is 1.95 bits per heavy atom. The molecule has 0 aliphatic heterocycles. The fraction of sp³-hybridized carbons (Fsp3) is 0.176. The third-order valence-corrected chi connectivity index (χ3v) is 3.62. The lowest BCUT2D eigenvalue weighted by molar-refractivity contribution is 0.102. The number of benzene rings is 2. The van der Waals surface area contributed by atoms with E-state index in [4.69, 9.17) is 4.42 Å². The zero-order valence-corrected chi connectivity index (χ0v) is 11.4. The number of nitrogens with one attached hydrogen (secondary N) is 1. The van der Waals surface area contributed by atoms with Crippen molar-refractivity contribution in [1.29, 1.82) is 0 Å². The van der Waals surface area contributed by atoms with E-state index in [0.717, 1.165) is 35.5 Å². The van der Waals surface area contributed by atoms with Gasteiger partial charge in [-0.05, 0) is 43.2 Å². The maximum absolute atomic E-state index is 12.1. The molecule has 0 radical (unpaired) electrons. The molecule has 1 heterocycles. The van der Waals surface area contributed by atoms with Crippen molar-refractivity contribution in [3.05, 3.63) is 60.0 Å². The van der Waals surface area contributed by atoms with E-state index in [2.05, 4.69) is 10.3 Å². The molecule has 21 heavy (non-hydrogen) atoms. The van der Waals surface area contributed by atoms with Crippen molar-refractivity contribution in [3.63, 3.8) is 0 Å². The van der Waals surface area contributed by atoms with E-state index in [9.17, 15) is 4.79 Å². The zero-order valence-electron chi connectivity index (χ0n) is 11.4. The normalized spacial score (nSPS) is 14.3. The van der Waals surface area contributed by atoms with Gasteiger partial charge < -0.3 is 9.73 Å². The predicted molar refractivity (Wildman–Crippen MR) is 80.4 cm³/mol. The molecule has 1 aliphatic carbocycles. The second-order valence-electron chi connectivity index (χ2n) is 5.33. The molecule has 4 rings (SSSR count). The van der Waals surface area contributed by atoms with Gasteiger partial charge >= 0.3 is 0 Å². The predicted octanol–water partition coefficient (Wildman–Crippen LogP) is 3.96. The number of rotatable bonds is 3. The highest BCUT2D eigenvalue weighted by atomic mass is 16.3. The van der Waals surface area contributed by atoms with Gasteiger partial charge in [-0.25, -0.2) is 4.98 Å². The summed E-state index contributed by atoms with van der Waals surface area (Å²) in [7, 11) is 0. The molecule has 1 amide bonds. The molecule has 0 saturated heterocycles. The highest BCUT2D eigenvalue weighted by Gasteiger charge is 2.28. The van der Waals surface area contributed by atoms with Crippen molar-refractivity contribution in [2.24, 2.45) is 0 Å². The van der Waals surface area contributed by atoms with Crippen LogP contribution in [-0.2, 0) is 0 Å². The topological polar surface area (TPSA) is 55.1 Å². The lowest BCUT2D eigenvalue weighted by Gasteiger charge is -2.04. The van der Waals surface area contributed by atoms with E-state index in [1.165, 1.54) is 0 Å². The van der Waals surface area contributed by atoms with Crippen molar-refractivity contribution >= 4 is 22.7 Å². The molecule has 1 aromatic heterocycles. The lowest BCUT2D eigenvalue weighted by Crippen LogP contribution is -2.11. The summed E-state index contributed by atoms with van der Waals surface area (Å²) in [6, 6.07) is 14.7. The minimum atomic E-state index is -0.124. The summed E-state index contributed by atoms with van der Waals surface area (Å²) in [5.41, 5.74) is 2.93. The first-order chi connectivity index (χ1) is 10.3. The van der Waals surface area contributed by atoms with E-state index in [1.807, 2.05) is 36.4 Å². The zero-order chi connectivity index (χ0) is 14.2. The Morgan fingerprint density at radius 1 is 1.14 bits per heavy atom. The first-order valence-electron chi connectivity index (χ1n) is 7.06. The van der Waals surface area contributed by atoms with Crippen molar-refractivity contribution in [3.8, 4) is 0 Å². The molecular formula is C17H14N2O2. The third-order valence-electron chi connectivity index (χ3n) is 3.62. The van der Waals surface area contributed by atoms with Gasteiger partial charge in [-0.15, -0.1) is 0 Å². The van der Waals surface area contributed by atoms with Crippen LogP contribution < -0.4 is 5.32 Å². The lowest BCUT2D eigenvalue weighted by atomic mass is 10.2. The molecule has 4 heteroatoms. The van der Waals surface area contributed by atoms with E-state index in [1.54, 1.807) is 12.1 Å². The van der Waals surface area contributed by atoms with Gasteiger partial charge in [0.25, 0.3) is 5.91 Å². The molecule has 0 spiro atoms. The number of nitrogens with zero attached hydrogens (tertiary/aromatic N) is 1. The number of anilines is 1. The van der Waals surface area contributed by atoms with Gasteiger partial charge in [0.2, 0.25) is 0 Å². The summed E-state index contributed by atoms with van der Waals surface area (Å²) < 4.78 is 5.71. The van der Waals surface area contributed by atoms with Gasteiger partial charge in [-0.3, -0.25) is 4.79 Å². The smallest absolute Gasteiger partial charge is 0.255 e. The first kappa shape index (κ1) is 12.1. The third kappa shape index (κ3) is 2.40. The number of amides is 1. The van der Waals surface area contributed by atoms with Crippen LogP contribution in [0.1, 0.15) is 35.0 Å². The van der Waals surface area contributed by atoms with Crippen LogP contribution >= 0.6 is 0 Å². The molecule has 2 aromatic carbocycles. The molecule has 0 atom stereocenters. The molecule has 1 saturated carbocycles. The van der Waals surface area contributed by atoms with Crippen molar-refractivity contribution in [2.75, 3.05) is 5.32 Å². The summed E-state index contributed by atoms with van der Waals surface area (Å²) in [5, 5.41) is 2.88. The van der Waals surface area contributed by atoms with Gasteiger partial charge in [0, 0.05) is 17.2 Å². The van der Waals surface area contributed by atoms with Gasteiger partial charge in [-0.1, -0.05) is 18.2 Å². The molecule has 1 fully saturated rings. The monoisotopic (exact) mass is 278 g/mol. The van der Waals surface area contributed by atoms with Gasteiger partial charge in [-0.2, -0.15) is 0 Å². The fourth-order valence-electron chi connectivity index (χ4n) is 2.32. The Labute approximate surface area is 121 Å². The number of fused-ring (bicyclic) bond motifs is 1. The van der Waals surface area contributed by atoms with Crippen LogP contribution in [0.4, 0.5) is 5.69 Å². The highest BCUT2D eigenvalue weighted by molar-refractivity contribution is 6.04. The summed E-state index contributed by atoms with van der Waals surface area (Å²) in [6.45, 7) is 0. The van der Waals surface area contributed by atoms with Crippen molar-refractivity contribution in [2.45, 2.75) is 18.8 Å². The number of carbonyl (C=O) groups excluding carboxylic acids is 1. The van der Waals surface area contributed by atoms with Gasteiger partial charge in [0.15, 0.2) is 11.5 Å². The number of carbonyl (C=O) groups is 1. The minimum absolute atomic E-state index is 0.124. The second kappa shape index (κ2) is 4.74. The van der Waals surface area contributed by atoms with E-state index >= 15 is 0 Å². The molecule has 1 aliphatic rings. The average molecular weight is 278 g/mol. The standard InChI is InChI=1S/C17H14N2O2/c20-16(11-4-2-1-3-5-11)18-13-8-9-15-14(10-13)19-17(21-15)12-6-7-12/h1-5,8-10,12H,6-7H2,(H,18,20). The molecular weight excluding hydrogens is 264 g/mol. The average Bonchev–Trinajstić information content (AvgIpc) is 3.28. The number of oxazole rings is 1. The number of hydrogen-bond donors (Lipinski definition) is 1. The quantitative estimate of drug-likeness (QED) is 0.789. The Balaban J connectivity index is 1.60. The molecule has 3 aromatic rings. The van der Waals surface area contributed by atoms with Crippen LogP contribution in [0, 0.1) is 0 Å². The molecule has 0 unspecified atom stereocenters. The first-order valence-corrected chi connectivity index (χ1v) is 7.06. The van der Waals surface area contributed by atoms with Crippen LogP contribution in [0.2, 0.25) is 0 Å². The summed E-state index contributed by atoms with van der Waals surface area (Å²) in [6.07, 6.45) is 2.31. The van der Waals surface area contributed by atoms with E-state index < -0.39 is 0 Å². The Hall–Kier alpha value is -2.62.